The number of amides is 2. The molecule has 1 atom stereocenters. The molecule has 1 aliphatic rings. The fraction of sp³-hybridized carbons (Fsp3) is 0.800. The highest BCUT2D eigenvalue weighted by atomic mass is 19.1. The Morgan fingerprint density at radius 2 is 2.10 bits per heavy atom. The van der Waals surface area contributed by atoms with Gasteiger partial charge in [-0.15, -0.1) is 0 Å². The maximum atomic E-state index is 11.9. The van der Waals surface area contributed by atoms with Crippen molar-refractivity contribution in [2.75, 3.05) is 13.1 Å². The molecule has 4 nitrogen and oxygen atoms in total. The number of nitrogens with two attached hydrogens (primary N) is 2. The smallest absolute Gasteiger partial charge is 0.309 e. The van der Waals surface area contributed by atoms with E-state index in [0.29, 0.717) is 13.0 Å². The molecule has 1 unspecified atom stereocenters. The summed E-state index contributed by atoms with van der Waals surface area (Å²) in [5, 5.41) is 2.90. The lowest BCUT2D eigenvalue weighted by Crippen LogP contribution is -2.18. The van der Waals surface area contributed by atoms with Gasteiger partial charge in [-0.2, -0.15) is 0 Å². The van der Waals surface area contributed by atoms with Crippen LogP contribution >= 0.6 is 0 Å². The lowest BCUT2D eigenvalue weighted by atomic mass is 10.4. The van der Waals surface area contributed by atoms with Crippen LogP contribution in [0.5, 0.6) is 0 Å². The number of primary amides is 2. The topological polar surface area (TPSA) is 81.1 Å². The first-order valence-corrected chi connectivity index (χ1v) is 3.02. The van der Waals surface area contributed by atoms with Crippen LogP contribution in [-0.4, -0.2) is 25.3 Å². The Bertz CT molecular complexity index is 99.1. The van der Waals surface area contributed by atoms with Crippen LogP contribution in [0, 0.1) is 0 Å². The SMILES string of the molecule is FC1CCNC1.NC(N)=O. The van der Waals surface area contributed by atoms with Crippen LogP contribution < -0.4 is 16.8 Å². The molecule has 1 aliphatic heterocycles. The molecule has 0 radical (unpaired) electrons. The molecule has 10 heavy (non-hydrogen) atoms. The van der Waals surface area contributed by atoms with Crippen molar-refractivity contribution in [1.82, 2.24) is 5.32 Å². The number of halogens is 1. The average Bonchev–Trinajstić information content (AvgIpc) is 2.15. The summed E-state index contributed by atoms with van der Waals surface area (Å²) in [7, 11) is 0. The Morgan fingerprint density at radius 1 is 1.60 bits per heavy atom. The summed E-state index contributed by atoms with van der Waals surface area (Å²) in [6.45, 7) is 1.43. The van der Waals surface area contributed by atoms with Crippen molar-refractivity contribution in [3.63, 3.8) is 0 Å². The van der Waals surface area contributed by atoms with E-state index in [1.54, 1.807) is 0 Å². The zero-order valence-electron chi connectivity index (χ0n) is 5.64. The van der Waals surface area contributed by atoms with Crippen LogP contribution in [0.2, 0.25) is 0 Å². The molecule has 5 heteroatoms. The second-order valence-corrected chi connectivity index (χ2v) is 1.99. The highest BCUT2D eigenvalue weighted by Crippen LogP contribution is 1.99. The lowest BCUT2D eigenvalue weighted by Gasteiger charge is -1.86. The van der Waals surface area contributed by atoms with Crippen LogP contribution in [0.3, 0.4) is 0 Å². The molecule has 0 aliphatic carbocycles. The molecule has 0 aromatic carbocycles. The number of carbonyl (C=O) groups is 1. The molecular weight excluding hydrogens is 137 g/mol. The first-order valence-electron chi connectivity index (χ1n) is 3.02. The van der Waals surface area contributed by atoms with Gasteiger partial charge >= 0.3 is 6.03 Å². The molecule has 0 aromatic heterocycles. The molecule has 0 bridgehead atoms. The first kappa shape index (κ1) is 9.16. The van der Waals surface area contributed by atoms with Gasteiger partial charge in [-0.25, -0.2) is 9.18 Å². The Morgan fingerprint density at radius 3 is 2.20 bits per heavy atom. The van der Waals surface area contributed by atoms with E-state index in [0.717, 1.165) is 6.54 Å². The summed E-state index contributed by atoms with van der Waals surface area (Å²) in [4.78, 5) is 9.00. The molecule has 0 spiro atoms. The molecule has 1 rings (SSSR count). The predicted molar refractivity (Wildman–Crippen MR) is 36.2 cm³/mol. The maximum absolute atomic E-state index is 11.9. The summed E-state index contributed by atoms with van der Waals surface area (Å²) in [5.41, 5.74) is 8.50. The molecule has 0 aromatic rings. The minimum absolute atomic E-state index is 0.565. The van der Waals surface area contributed by atoms with E-state index >= 15 is 0 Å². The third-order valence-electron chi connectivity index (χ3n) is 1.00. The highest BCUT2D eigenvalue weighted by Gasteiger charge is 2.10. The van der Waals surface area contributed by atoms with E-state index in [4.69, 9.17) is 4.79 Å². The van der Waals surface area contributed by atoms with E-state index in [-0.39, 0.29) is 0 Å². The van der Waals surface area contributed by atoms with Crippen molar-refractivity contribution in [1.29, 1.82) is 0 Å². The van der Waals surface area contributed by atoms with Gasteiger partial charge in [0.25, 0.3) is 0 Å². The van der Waals surface area contributed by atoms with Crippen molar-refractivity contribution in [2.24, 2.45) is 11.5 Å². The summed E-state index contributed by atoms with van der Waals surface area (Å²) in [6.07, 6.45) is 0.144. The number of hydrogen-bond acceptors (Lipinski definition) is 2. The Kier molecular flexibility index (Phi) is 4.57. The second kappa shape index (κ2) is 4.99. The van der Waals surface area contributed by atoms with Crippen LogP contribution in [0.1, 0.15) is 6.42 Å². The molecule has 5 N–H and O–H groups in total. The third kappa shape index (κ3) is 7.16. The zero-order valence-corrected chi connectivity index (χ0v) is 5.64. The Hall–Kier alpha value is -0.840. The third-order valence-corrected chi connectivity index (χ3v) is 1.00. The van der Waals surface area contributed by atoms with Crippen molar-refractivity contribution in [2.45, 2.75) is 12.6 Å². The van der Waals surface area contributed by atoms with Crippen molar-refractivity contribution in [3.8, 4) is 0 Å². The standard InChI is InChI=1S/C4H8FN.CH4N2O/c5-4-1-2-6-3-4;2-1(3)4/h4,6H,1-3H2;(H4,2,3,4). The van der Waals surface area contributed by atoms with E-state index in [9.17, 15) is 4.39 Å². The molecule has 1 fully saturated rings. The minimum Gasteiger partial charge on any atom is -0.352 e. The van der Waals surface area contributed by atoms with Gasteiger partial charge in [-0.1, -0.05) is 0 Å². The van der Waals surface area contributed by atoms with Crippen molar-refractivity contribution in [3.05, 3.63) is 0 Å². The van der Waals surface area contributed by atoms with Crippen molar-refractivity contribution >= 4 is 6.03 Å². The molecule has 1 saturated heterocycles. The summed E-state index contributed by atoms with van der Waals surface area (Å²) >= 11 is 0. The number of nitrogens with one attached hydrogen (secondary N) is 1. The number of urea groups is 1. The number of hydrogen-bond donors (Lipinski definition) is 3. The molecule has 2 amide bonds. The Balaban J connectivity index is 0.000000180. The van der Waals surface area contributed by atoms with E-state index in [1.807, 2.05) is 0 Å². The number of carbonyl (C=O) groups excluding carboxylic acids is 1. The van der Waals surface area contributed by atoms with E-state index in [2.05, 4.69) is 16.8 Å². The predicted octanol–water partition coefficient (Wildman–Crippen LogP) is -0.658. The molecular formula is C5H12FN3O. The summed E-state index contributed by atoms with van der Waals surface area (Å²) in [6, 6.07) is -0.833. The van der Waals surface area contributed by atoms with Gasteiger partial charge < -0.3 is 16.8 Å². The zero-order chi connectivity index (χ0) is 7.98. The van der Waals surface area contributed by atoms with Crippen LogP contribution in [-0.2, 0) is 0 Å². The van der Waals surface area contributed by atoms with Crippen LogP contribution in [0.25, 0.3) is 0 Å². The maximum Gasteiger partial charge on any atom is 0.309 e. The van der Waals surface area contributed by atoms with Gasteiger partial charge in [0.05, 0.1) is 0 Å². The van der Waals surface area contributed by atoms with Crippen molar-refractivity contribution < 1.29 is 9.18 Å². The van der Waals surface area contributed by atoms with Crippen LogP contribution in [0.15, 0.2) is 0 Å². The minimum atomic E-state index is -0.833. The highest BCUT2D eigenvalue weighted by molar-refractivity contribution is 5.69. The fourth-order valence-electron chi connectivity index (χ4n) is 0.619. The molecule has 60 valence electrons. The van der Waals surface area contributed by atoms with E-state index in [1.165, 1.54) is 0 Å². The summed E-state index contributed by atoms with van der Waals surface area (Å²) < 4.78 is 11.9. The van der Waals surface area contributed by atoms with Crippen LogP contribution in [0.4, 0.5) is 9.18 Å². The van der Waals surface area contributed by atoms with Gasteiger partial charge in [0.15, 0.2) is 0 Å². The van der Waals surface area contributed by atoms with Gasteiger partial charge in [-0.3, -0.25) is 0 Å². The number of alkyl halides is 1. The van der Waals surface area contributed by atoms with E-state index < -0.39 is 12.2 Å². The number of rotatable bonds is 0. The summed E-state index contributed by atoms with van der Waals surface area (Å²) in [5.74, 6) is 0. The Labute approximate surface area is 58.8 Å². The lowest BCUT2D eigenvalue weighted by molar-refractivity contribution is 0.256. The normalized spacial score (nSPS) is 23.1. The molecule has 1 heterocycles. The van der Waals surface area contributed by atoms with Gasteiger partial charge in [-0.05, 0) is 13.0 Å². The average molecular weight is 149 g/mol. The largest absolute Gasteiger partial charge is 0.352 e. The quantitative estimate of drug-likeness (QED) is 0.427. The molecule has 0 saturated carbocycles. The monoisotopic (exact) mass is 149 g/mol. The first-order chi connectivity index (χ1) is 4.63. The van der Waals surface area contributed by atoms with Gasteiger partial charge in [0, 0.05) is 6.54 Å². The fourth-order valence-corrected chi connectivity index (χ4v) is 0.619. The second-order valence-electron chi connectivity index (χ2n) is 1.99. The van der Waals surface area contributed by atoms with Gasteiger partial charge in [0.1, 0.15) is 6.17 Å². The van der Waals surface area contributed by atoms with Gasteiger partial charge in [0.2, 0.25) is 0 Å².